The van der Waals surface area contributed by atoms with Gasteiger partial charge in [0.05, 0.1) is 19.2 Å². The van der Waals surface area contributed by atoms with Crippen LogP contribution in [0, 0.1) is 11.3 Å². The van der Waals surface area contributed by atoms with Crippen molar-refractivity contribution in [1.82, 2.24) is 10.2 Å². The maximum absolute atomic E-state index is 11.7. The molecule has 1 N–H and O–H groups in total. The molecule has 5 heteroatoms. The summed E-state index contributed by atoms with van der Waals surface area (Å²) in [5, 5.41) is 12.1. The average Bonchev–Trinajstić information content (AvgIpc) is 2.14. The Labute approximate surface area is 102 Å². The van der Waals surface area contributed by atoms with E-state index in [1.807, 2.05) is 20.8 Å². The highest BCUT2D eigenvalue weighted by Gasteiger charge is 2.46. The summed E-state index contributed by atoms with van der Waals surface area (Å²) in [7, 11) is 0. The lowest BCUT2D eigenvalue weighted by atomic mass is 9.92. The van der Waals surface area contributed by atoms with Crippen molar-refractivity contribution in [3.05, 3.63) is 12.7 Å². The second kappa shape index (κ2) is 4.76. The number of nitriles is 1. The van der Waals surface area contributed by atoms with Crippen LogP contribution in [0.5, 0.6) is 0 Å². The lowest BCUT2D eigenvalue weighted by molar-refractivity contribution is -0.00431. The van der Waals surface area contributed by atoms with Gasteiger partial charge in [0.2, 0.25) is 0 Å². The SMILES string of the molecule is C=CCNC1(C#N)CN(C(=O)OC(C)(C)C)C1. The van der Waals surface area contributed by atoms with E-state index in [9.17, 15) is 4.79 Å². The Morgan fingerprint density at radius 2 is 2.24 bits per heavy atom. The Kier molecular flexibility index (Phi) is 3.79. The van der Waals surface area contributed by atoms with Crippen molar-refractivity contribution in [1.29, 1.82) is 5.26 Å². The number of rotatable bonds is 3. The van der Waals surface area contributed by atoms with E-state index in [4.69, 9.17) is 10.00 Å². The molecule has 0 bridgehead atoms. The number of likely N-dealkylation sites (tertiary alicyclic amines) is 1. The fourth-order valence-electron chi connectivity index (χ4n) is 1.55. The van der Waals surface area contributed by atoms with Gasteiger partial charge in [-0.1, -0.05) is 6.08 Å². The number of ether oxygens (including phenoxy) is 1. The molecule has 0 saturated carbocycles. The monoisotopic (exact) mass is 237 g/mol. The normalized spacial score (nSPS) is 17.9. The van der Waals surface area contributed by atoms with Crippen LogP contribution in [0.2, 0.25) is 0 Å². The van der Waals surface area contributed by atoms with Crippen LogP contribution < -0.4 is 5.32 Å². The Morgan fingerprint density at radius 1 is 1.65 bits per heavy atom. The van der Waals surface area contributed by atoms with Gasteiger partial charge in [0, 0.05) is 6.54 Å². The highest BCUT2D eigenvalue weighted by molar-refractivity contribution is 5.70. The third-order valence-electron chi connectivity index (χ3n) is 2.37. The van der Waals surface area contributed by atoms with E-state index >= 15 is 0 Å². The van der Waals surface area contributed by atoms with E-state index < -0.39 is 11.1 Å². The topological polar surface area (TPSA) is 65.4 Å². The minimum Gasteiger partial charge on any atom is -0.444 e. The largest absolute Gasteiger partial charge is 0.444 e. The van der Waals surface area contributed by atoms with Gasteiger partial charge < -0.3 is 9.64 Å². The van der Waals surface area contributed by atoms with E-state index in [2.05, 4.69) is 18.0 Å². The summed E-state index contributed by atoms with van der Waals surface area (Å²) in [6.45, 7) is 10.3. The zero-order valence-electron chi connectivity index (χ0n) is 10.6. The van der Waals surface area contributed by atoms with Gasteiger partial charge >= 0.3 is 6.09 Å². The van der Waals surface area contributed by atoms with Crippen molar-refractivity contribution in [2.45, 2.75) is 31.9 Å². The van der Waals surface area contributed by atoms with Gasteiger partial charge in [-0.2, -0.15) is 5.26 Å². The molecule has 1 fully saturated rings. The van der Waals surface area contributed by atoms with Crippen LogP contribution in [0.15, 0.2) is 12.7 Å². The Morgan fingerprint density at radius 3 is 2.65 bits per heavy atom. The van der Waals surface area contributed by atoms with E-state index in [1.165, 1.54) is 4.90 Å². The maximum Gasteiger partial charge on any atom is 0.410 e. The van der Waals surface area contributed by atoms with Gasteiger partial charge in [-0.15, -0.1) is 6.58 Å². The molecule has 0 aliphatic carbocycles. The fraction of sp³-hybridized carbons (Fsp3) is 0.667. The zero-order valence-corrected chi connectivity index (χ0v) is 10.6. The first-order valence-electron chi connectivity index (χ1n) is 5.57. The minimum atomic E-state index is -0.648. The van der Waals surface area contributed by atoms with Crippen LogP contribution in [0.1, 0.15) is 20.8 Å². The zero-order chi connectivity index (χ0) is 13.1. The number of nitrogens with one attached hydrogen (secondary N) is 1. The number of carbonyl (C=O) groups excluding carboxylic acids is 1. The van der Waals surface area contributed by atoms with Crippen molar-refractivity contribution in [2.75, 3.05) is 19.6 Å². The molecule has 1 aliphatic heterocycles. The van der Waals surface area contributed by atoms with Gasteiger partial charge in [-0.25, -0.2) is 4.79 Å². The standard InChI is InChI=1S/C12H19N3O2/c1-5-6-14-12(7-13)8-15(9-12)10(16)17-11(2,3)4/h5,14H,1,6,8-9H2,2-4H3. The molecule has 1 rings (SSSR count). The van der Waals surface area contributed by atoms with Gasteiger partial charge in [0.15, 0.2) is 0 Å². The molecule has 1 amide bonds. The second-order valence-corrected chi connectivity index (χ2v) is 5.20. The first-order valence-corrected chi connectivity index (χ1v) is 5.57. The summed E-state index contributed by atoms with van der Waals surface area (Å²) < 4.78 is 5.21. The smallest absolute Gasteiger partial charge is 0.410 e. The van der Waals surface area contributed by atoms with Gasteiger partial charge in [0.25, 0.3) is 0 Å². The lowest BCUT2D eigenvalue weighted by Crippen LogP contribution is -2.70. The third kappa shape index (κ3) is 3.46. The quantitative estimate of drug-likeness (QED) is 0.751. The van der Waals surface area contributed by atoms with Crippen LogP contribution >= 0.6 is 0 Å². The van der Waals surface area contributed by atoms with Crippen LogP contribution in [0.3, 0.4) is 0 Å². The first-order chi connectivity index (χ1) is 7.82. The molecule has 0 aromatic carbocycles. The number of hydrogen-bond donors (Lipinski definition) is 1. The molecule has 1 heterocycles. The van der Waals surface area contributed by atoms with Crippen LogP contribution in [0.4, 0.5) is 4.79 Å². The molecule has 1 saturated heterocycles. The van der Waals surface area contributed by atoms with Crippen molar-refractivity contribution in [3.8, 4) is 6.07 Å². The molecule has 5 nitrogen and oxygen atoms in total. The molecule has 1 aliphatic rings. The predicted octanol–water partition coefficient (Wildman–Crippen LogP) is 1.28. The lowest BCUT2D eigenvalue weighted by Gasteiger charge is -2.45. The van der Waals surface area contributed by atoms with Crippen molar-refractivity contribution in [2.24, 2.45) is 0 Å². The minimum absolute atomic E-state index is 0.353. The molecular weight excluding hydrogens is 218 g/mol. The van der Waals surface area contributed by atoms with Gasteiger partial charge in [-0.3, -0.25) is 5.32 Å². The summed E-state index contributed by atoms with van der Waals surface area (Å²) in [5.41, 5.74) is -1.15. The van der Waals surface area contributed by atoms with Gasteiger partial charge in [0.1, 0.15) is 11.1 Å². The summed E-state index contributed by atoms with van der Waals surface area (Å²) in [4.78, 5) is 13.2. The van der Waals surface area contributed by atoms with Gasteiger partial charge in [-0.05, 0) is 20.8 Å². The molecule has 0 spiro atoms. The average molecular weight is 237 g/mol. The molecule has 94 valence electrons. The van der Waals surface area contributed by atoms with E-state index in [0.29, 0.717) is 19.6 Å². The van der Waals surface area contributed by atoms with E-state index in [-0.39, 0.29) is 6.09 Å². The second-order valence-electron chi connectivity index (χ2n) is 5.20. The molecule has 0 radical (unpaired) electrons. The summed E-state index contributed by atoms with van der Waals surface area (Å²) >= 11 is 0. The molecule has 0 atom stereocenters. The Balaban J connectivity index is 2.47. The summed E-state index contributed by atoms with van der Waals surface area (Å²) in [6, 6.07) is 2.19. The van der Waals surface area contributed by atoms with Crippen molar-refractivity contribution in [3.63, 3.8) is 0 Å². The van der Waals surface area contributed by atoms with E-state index in [0.717, 1.165) is 0 Å². The predicted molar refractivity (Wildman–Crippen MR) is 64.4 cm³/mol. The highest BCUT2D eigenvalue weighted by atomic mass is 16.6. The molecule has 0 unspecified atom stereocenters. The molecule has 0 aromatic heterocycles. The molecular formula is C12H19N3O2. The van der Waals surface area contributed by atoms with Crippen molar-refractivity contribution >= 4 is 6.09 Å². The Bertz CT molecular complexity index is 346. The number of amides is 1. The Hall–Kier alpha value is -1.54. The number of hydrogen-bond acceptors (Lipinski definition) is 4. The number of carbonyl (C=O) groups is 1. The van der Waals surface area contributed by atoms with E-state index in [1.54, 1.807) is 6.08 Å². The van der Waals surface area contributed by atoms with Crippen LogP contribution in [0.25, 0.3) is 0 Å². The summed E-state index contributed by atoms with van der Waals surface area (Å²) in [6.07, 6.45) is 1.32. The molecule has 17 heavy (non-hydrogen) atoms. The fourth-order valence-corrected chi connectivity index (χ4v) is 1.55. The van der Waals surface area contributed by atoms with Crippen LogP contribution in [-0.4, -0.2) is 41.8 Å². The summed E-state index contributed by atoms with van der Waals surface area (Å²) in [5.74, 6) is 0. The van der Waals surface area contributed by atoms with Crippen molar-refractivity contribution < 1.29 is 9.53 Å². The third-order valence-corrected chi connectivity index (χ3v) is 2.37. The molecule has 0 aromatic rings. The maximum atomic E-state index is 11.7. The number of nitrogens with zero attached hydrogens (tertiary/aromatic N) is 2. The van der Waals surface area contributed by atoms with Crippen LogP contribution in [-0.2, 0) is 4.74 Å². The first kappa shape index (κ1) is 13.5. The highest BCUT2D eigenvalue weighted by Crippen LogP contribution is 2.22.